The molecule has 5 rings (SSSR count). The van der Waals surface area contributed by atoms with Crippen molar-refractivity contribution in [3.05, 3.63) is 89.0 Å². The number of nitrogens with zero attached hydrogens (tertiary/aromatic N) is 5. The maximum atomic E-state index is 13.6. The van der Waals surface area contributed by atoms with Crippen LogP contribution in [0.5, 0.6) is 0 Å². The first-order chi connectivity index (χ1) is 18.1. The zero-order valence-electron chi connectivity index (χ0n) is 21.2. The van der Waals surface area contributed by atoms with Crippen molar-refractivity contribution in [2.45, 2.75) is 44.8 Å². The average Bonchev–Trinajstić information content (AvgIpc) is 3.17. The standard InChI is InChI=1S/C28H28F3N5O2/c1-4-25(37)34-13-11-21-26-22(36(33-21)20-8-5-18(6-9-20)17(2)3)12-14-35(23(26)16-34)27(38)19-7-10-24(32-15-19)28(29,30)31/h4-10,15,17,23H,1,11-14,16H2,2-3H3/t23-/m0/s1. The van der Waals surface area contributed by atoms with E-state index in [4.69, 9.17) is 5.10 Å². The van der Waals surface area contributed by atoms with E-state index in [1.807, 2.05) is 16.8 Å². The van der Waals surface area contributed by atoms with Gasteiger partial charge in [0.1, 0.15) is 5.69 Å². The highest BCUT2D eigenvalue weighted by atomic mass is 19.4. The number of carbonyl (C=O) groups is 2. The predicted octanol–water partition coefficient (Wildman–Crippen LogP) is 4.72. The summed E-state index contributed by atoms with van der Waals surface area (Å²) in [5.74, 6) is -0.286. The van der Waals surface area contributed by atoms with Crippen molar-refractivity contribution in [1.29, 1.82) is 0 Å². The molecule has 10 heteroatoms. The molecule has 0 spiro atoms. The molecule has 0 fully saturated rings. The molecule has 0 saturated heterocycles. The number of benzene rings is 1. The summed E-state index contributed by atoms with van der Waals surface area (Å²) in [6, 6.07) is 9.69. The van der Waals surface area contributed by atoms with Gasteiger partial charge in [-0.15, -0.1) is 0 Å². The molecule has 2 aliphatic heterocycles. The molecular formula is C28H28F3N5O2. The van der Waals surface area contributed by atoms with Crippen LogP contribution >= 0.6 is 0 Å². The maximum absolute atomic E-state index is 13.6. The van der Waals surface area contributed by atoms with E-state index in [0.717, 1.165) is 41.0 Å². The summed E-state index contributed by atoms with van der Waals surface area (Å²) >= 11 is 0. The summed E-state index contributed by atoms with van der Waals surface area (Å²) in [5.41, 5.74) is 3.82. The molecule has 198 valence electrons. The first-order valence-corrected chi connectivity index (χ1v) is 12.5. The molecule has 4 heterocycles. The zero-order valence-corrected chi connectivity index (χ0v) is 21.2. The lowest BCUT2D eigenvalue weighted by atomic mass is 9.94. The maximum Gasteiger partial charge on any atom is 0.433 e. The monoisotopic (exact) mass is 523 g/mol. The molecule has 0 saturated carbocycles. The van der Waals surface area contributed by atoms with Crippen LogP contribution in [0.25, 0.3) is 5.69 Å². The van der Waals surface area contributed by atoms with Crippen molar-refractivity contribution in [1.82, 2.24) is 24.6 Å². The van der Waals surface area contributed by atoms with Gasteiger partial charge in [-0.1, -0.05) is 32.6 Å². The summed E-state index contributed by atoms with van der Waals surface area (Å²) in [7, 11) is 0. The molecule has 0 bridgehead atoms. The minimum absolute atomic E-state index is 0.0607. The Bertz CT molecular complexity index is 1380. The number of hydrogen-bond acceptors (Lipinski definition) is 4. The molecule has 7 nitrogen and oxygen atoms in total. The Kier molecular flexibility index (Phi) is 6.58. The summed E-state index contributed by atoms with van der Waals surface area (Å²) in [5, 5.41) is 4.92. The van der Waals surface area contributed by atoms with E-state index in [9.17, 15) is 22.8 Å². The third kappa shape index (κ3) is 4.59. The fourth-order valence-corrected chi connectivity index (χ4v) is 5.23. The van der Waals surface area contributed by atoms with E-state index in [1.165, 1.54) is 11.6 Å². The van der Waals surface area contributed by atoms with Gasteiger partial charge in [-0.05, 0) is 41.8 Å². The third-order valence-corrected chi connectivity index (χ3v) is 7.26. The van der Waals surface area contributed by atoms with Crippen molar-refractivity contribution < 1.29 is 22.8 Å². The van der Waals surface area contributed by atoms with Crippen molar-refractivity contribution in [2.75, 3.05) is 19.6 Å². The van der Waals surface area contributed by atoms with Gasteiger partial charge in [-0.2, -0.15) is 18.3 Å². The molecule has 2 aliphatic rings. The molecule has 2 aromatic heterocycles. The van der Waals surface area contributed by atoms with E-state index in [0.29, 0.717) is 31.8 Å². The van der Waals surface area contributed by atoms with Crippen molar-refractivity contribution in [3.63, 3.8) is 0 Å². The molecule has 0 radical (unpaired) electrons. The van der Waals surface area contributed by atoms with Crippen molar-refractivity contribution in [3.8, 4) is 5.69 Å². The smallest absolute Gasteiger partial charge is 0.336 e. The van der Waals surface area contributed by atoms with Crippen LogP contribution in [0.1, 0.15) is 64.4 Å². The Morgan fingerprint density at radius 1 is 1.08 bits per heavy atom. The lowest BCUT2D eigenvalue weighted by Crippen LogP contribution is -2.45. The minimum Gasteiger partial charge on any atom is -0.336 e. The largest absolute Gasteiger partial charge is 0.433 e. The van der Waals surface area contributed by atoms with E-state index in [-0.39, 0.29) is 18.0 Å². The van der Waals surface area contributed by atoms with Gasteiger partial charge >= 0.3 is 6.18 Å². The normalized spacial score (nSPS) is 17.3. The summed E-state index contributed by atoms with van der Waals surface area (Å²) in [6.07, 6.45) is -1.36. The van der Waals surface area contributed by atoms with Crippen molar-refractivity contribution >= 4 is 11.8 Å². The molecular weight excluding hydrogens is 495 g/mol. The van der Waals surface area contributed by atoms with Gasteiger partial charge in [0.05, 0.1) is 28.7 Å². The highest BCUT2D eigenvalue weighted by Crippen LogP contribution is 2.38. The number of aromatic nitrogens is 3. The van der Waals surface area contributed by atoms with Gasteiger partial charge in [-0.25, -0.2) is 4.68 Å². The first-order valence-electron chi connectivity index (χ1n) is 12.5. The number of rotatable bonds is 4. The number of amides is 2. The van der Waals surface area contributed by atoms with Crippen LogP contribution in [-0.4, -0.2) is 56.0 Å². The Hall–Kier alpha value is -3.95. The van der Waals surface area contributed by atoms with Gasteiger partial charge in [0.15, 0.2) is 0 Å². The quantitative estimate of drug-likeness (QED) is 0.464. The summed E-state index contributed by atoms with van der Waals surface area (Å²) < 4.78 is 40.9. The molecule has 0 aliphatic carbocycles. The van der Waals surface area contributed by atoms with Crippen LogP contribution < -0.4 is 0 Å². The van der Waals surface area contributed by atoms with Crippen molar-refractivity contribution in [2.24, 2.45) is 0 Å². The van der Waals surface area contributed by atoms with Crippen LogP contribution in [0, 0.1) is 0 Å². The zero-order chi connectivity index (χ0) is 27.2. The first kappa shape index (κ1) is 25.7. The second-order valence-electron chi connectivity index (χ2n) is 9.90. The van der Waals surface area contributed by atoms with Crippen LogP contribution in [0.4, 0.5) is 13.2 Å². The van der Waals surface area contributed by atoms with Gasteiger partial charge in [-0.3, -0.25) is 14.6 Å². The average molecular weight is 524 g/mol. The van der Waals surface area contributed by atoms with E-state index in [2.05, 4.69) is 37.5 Å². The highest BCUT2D eigenvalue weighted by molar-refractivity contribution is 5.94. The number of carbonyl (C=O) groups excluding carboxylic acids is 2. The fourth-order valence-electron chi connectivity index (χ4n) is 5.23. The predicted molar refractivity (Wildman–Crippen MR) is 135 cm³/mol. The van der Waals surface area contributed by atoms with Crippen LogP contribution in [-0.2, 0) is 23.8 Å². The second-order valence-corrected chi connectivity index (χ2v) is 9.90. The Labute approximate surface area is 218 Å². The summed E-state index contributed by atoms with van der Waals surface area (Å²) in [6.45, 7) is 8.84. The molecule has 38 heavy (non-hydrogen) atoms. The molecule has 3 aromatic rings. The molecule has 0 N–H and O–H groups in total. The fraction of sp³-hybridized carbons (Fsp3) is 0.357. The highest BCUT2D eigenvalue weighted by Gasteiger charge is 2.40. The SMILES string of the molecule is C=CC(=O)N1CCc2nn(-c3ccc(C(C)C)cc3)c3c2[C@H](C1)N(C(=O)c1ccc(C(F)(F)F)nc1)CC3. The molecule has 0 unspecified atom stereocenters. The van der Waals surface area contributed by atoms with E-state index < -0.39 is 23.8 Å². The molecule has 2 amide bonds. The van der Waals surface area contributed by atoms with Crippen LogP contribution in [0.15, 0.2) is 55.3 Å². The van der Waals surface area contributed by atoms with Gasteiger partial charge in [0, 0.05) is 44.2 Å². The lowest BCUT2D eigenvalue weighted by molar-refractivity contribution is -0.141. The minimum atomic E-state index is -4.59. The Morgan fingerprint density at radius 2 is 1.82 bits per heavy atom. The lowest BCUT2D eigenvalue weighted by Gasteiger charge is -2.37. The van der Waals surface area contributed by atoms with Gasteiger partial charge < -0.3 is 9.80 Å². The third-order valence-electron chi connectivity index (χ3n) is 7.26. The topological polar surface area (TPSA) is 71.3 Å². The Morgan fingerprint density at radius 3 is 2.42 bits per heavy atom. The summed E-state index contributed by atoms with van der Waals surface area (Å²) in [4.78, 5) is 32.9. The van der Waals surface area contributed by atoms with Gasteiger partial charge in [0.2, 0.25) is 5.91 Å². The van der Waals surface area contributed by atoms with E-state index in [1.54, 1.807) is 9.80 Å². The Balaban J connectivity index is 1.54. The molecule has 1 atom stereocenters. The number of pyridine rings is 1. The van der Waals surface area contributed by atoms with Crippen LogP contribution in [0.2, 0.25) is 0 Å². The van der Waals surface area contributed by atoms with E-state index >= 15 is 0 Å². The number of alkyl halides is 3. The van der Waals surface area contributed by atoms with Crippen LogP contribution in [0.3, 0.4) is 0 Å². The second kappa shape index (κ2) is 9.74. The number of hydrogen-bond donors (Lipinski definition) is 0. The number of halogens is 3. The molecule has 1 aromatic carbocycles. The van der Waals surface area contributed by atoms with Gasteiger partial charge in [0.25, 0.3) is 5.91 Å².